The molecule has 2 rings (SSSR count). The van der Waals surface area contributed by atoms with Gasteiger partial charge in [0.25, 0.3) is 0 Å². The molecule has 2 unspecified atom stereocenters. The number of esters is 1. The average molecular weight is 350 g/mol. The van der Waals surface area contributed by atoms with Crippen LogP contribution >= 0.6 is 0 Å². The summed E-state index contributed by atoms with van der Waals surface area (Å²) in [6.07, 6.45) is -4.30. The van der Waals surface area contributed by atoms with Gasteiger partial charge in [0.1, 0.15) is 5.75 Å². The number of halogens is 3. The molecular formula is C20H21F3O2. The molecule has 0 aliphatic heterocycles. The Kier molecular flexibility index (Phi) is 5.88. The molecule has 25 heavy (non-hydrogen) atoms. The number of ether oxygens (including phenoxy) is 1. The number of hydrogen-bond donors (Lipinski definition) is 0. The van der Waals surface area contributed by atoms with Crippen LogP contribution in [0.15, 0.2) is 54.6 Å². The third kappa shape index (κ3) is 4.84. The van der Waals surface area contributed by atoms with Crippen molar-refractivity contribution in [1.29, 1.82) is 0 Å². The first-order valence-corrected chi connectivity index (χ1v) is 8.13. The fourth-order valence-corrected chi connectivity index (χ4v) is 2.77. The summed E-state index contributed by atoms with van der Waals surface area (Å²) in [5.74, 6) is -2.67. The zero-order valence-corrected chi connectivity index (χ0v) is 14.4. The van der Waals surface area contributed by atoms with E-state index in [2.05, 4.69) is 0 Å². The van der Waals surface area contributed by atoms with Crippen molar-refractivity contribution >= 4 is 5.97 Å². The Balaban J connectivity index is 2.14. The Morgan fingerprint density at radius 3 is 1.88 bits per heavy atom. The molecule has 0 aliphatic rings. The zero-order chi connectivity index (χ0) is 18.6. The first-order chi connectivity index (χ1) is 11.7. The van der Waals surface area contributed by atoms with Crippen LogP contribution in [0.4, 0.5) is 13.2 Å². The second kappa shape index (κ2) is 7.72. The molecule has 0 spiro atoms. The number of rotatable bonds is 5. The predicted octanol–water partition coefficient (Wildman–Crippen LogP) is 5.70. The standard InChI is InChI=1S/C20H21F3O2/c1-13(2)18(20(21,22)23)16-11-9-15(10-12-16)14(3)19(24)25-17-7-5-4-6-8-17/h4-14,18H,1-3H3. The molecule has 2 nitrogen and oxygen atoms in total. The van der Waals surface area contributed by atoms with Crippen LogP contribution in [0.2, 0.25) is 0 Å². The van der Waals surface area contributed by atoms with Crippen molar-refractivity contribution in [1.82, 2.24) is 0 Å². The second-order valence-corrected chi connectivity index (χ2v) is 6.39. The molecule has 0 saturated heterocycles. The lowest BCUT2D eigenvalue weighted by atomic mass is 9.86. The topological polar surface area (TPSA) is 26.3 Å². The molecule has 0 saturated carbocycles. The largest absolute Gasteiger partial charge is 0.426 e. The summed E-state index contributed by atoms with van der Waals surface area (Å²) >= 11 is 0. The maximum Gasteiger partial charge on any atom is 0.395 e. The van der Waals surface area contributed by atoms with E-state index >= 15 is 0 Å². The van der Waals surface area contributed by atoms with Crippen LogP contribution in [-0.4, -0.2) is 12.1 Å². The van der Waals surface area contributed by atoms with Crippen LogP contribution in [0.1, 0.15) is 43.7 Å². The van der Waals surface area contributed by atoms with Crippen molar-refractivity contribution in [3.8, 4) is 5.75 Å². The van der Waals surface area contributed by atoms with Gasteiger partial charge in [0, 0.05) is 0 Å². The quantitative estimate of drug-likeness (QED) is 0.511. The number of hydrogen-bond acceptors (Lipinski definition) is 2. The van der Waals surface area contributed by atoms with Crippen molar-refractivity contribution in [2.45, 2.75) is 38.8 Å². The summed E-state index contributed by atoms with van der Waals surface area (Å²) in [4.78, 5) is 12.2. The normalized spacial score (nSPS) is 14.2. The van der Waals surface area contributed by atoms with Crippen molar-refractivity contribution in [3.05, 3.63) is 65.7 Å². The second-order valence-electron chi connectivity index (χ2n) is 6.39. The molecular weight excluding hydrogens is 329 g/mol. The summed E-state index contributed by atoms with van der Waals surface area (Å²) < 4.78 is 44.9. The van der Waals surface area contributed by atoms with Gasteiger partial charge in [0.05, 0.1) is 11.8 Å². The highest BCUT2D eigenvalue weighted by atomic mass is 19.4. The fourth-order valence-electron chi connectivity index (χ4n) is 2.77. The zero-order valence-electron chi connectivity index (χ0n) is 14.4. The molecule has 0 N–H and O–H groups in total. The van der Waals surface area contributed by atoms with Gasteiger partial charge < -0.3 is 4.74 Å². The van der Waals surface area contributed by atoms with Crippen LogP contribution in [0.25, 0.3) is 0 Å². The first kappa shape index (κ1) is 19.0. The lowest BCUT2D eigenvalue weighted by molar-refractivity contribution is -0.159. The minimum atomic E-state index is -4.30. The highest BCUT2D eigenvalue weighted by Gasteiger charge is 2.42. The highest BCUT2D eigenvalue weighted by molar-refractivity contribution is 5.79. The average Bonchev–Trinajstić information content (AvgIpc) is 2.54. The predicted molar refractivity (Wildman–Crippen MR) is 90.6 cm³/mol. The molecule has 2 atom stereocenters. The van der Waals surface area contributed by atoms with Crippen LogP contribution < -0.4 is 4.74 Å². The summed E-state index contributed by atoms with van der Waals surface area (Å²) in [7, 11) is 0. The van der Waals surface area contributed by atoms with Crippen molar-refractivity contribution in [2.75, 3.05) is 0 Å². The number of carbonyl (C=O) groups excluding carboxylic acids is 1. The Labute approximate surface area is 145 Å². The first-order valence-electron chi connectivity index (χ1n) is 8.13. The Bertz CT molecular complexity index is 691. The monoisotopic (exact) mass is 350 g/mol. The van der Waals surface area contributed by atoms with Gasteiger partial charge in [-0.15, -0.1) is 0 Å². The molecule has 5 heteroatoms. The molecule has 0 amide bonds. The van der Waals surface area contributed by atoms with Crippen LogP contribution in [0.3, 0.4) is 0 Å². The van der Waals surface area contributed by atoms with Crippen LogP contribution in [-0.2, 0) is 4.79 Å². The minimum absolute atomic E-state index is 0.204. The molecule has 0 fully saturated rings. The third-order valence-corrected chi connectivity index (χ3v) is 4.13. The van der Waals surface area contributed by atoms with E-state index in [1.54, 1.807) is 57.2 Å². The third-order valence-electron chi connectivity index (χ3n) is 4.13. The maximum absolute atomic E-state index is 13.2. The molecule has 0 radical (unpaired) electrons. The van der Waals surface area contributed by atoms with E-state index in [-0.39, 0.29) is 5.56 Å². The van der Waals surface area contributed by atoms with Crippen LogP contribution in [0.5, 0.6) is 5.75 Å². The fraction of sp³-hybridized carbons (Fsp3) is 0.350. The summed E-state index contributed by atoms with van der Waals surface area (Å²) in [5, 5.41) is 0. The van der Waals surface area contributed by atoms with E-state index in [0.29, 0.717) is 11.3 Å². The molecule has 2 aromatic carbocycles. The number of benzene rings is 2. The van der Waals surface area contributed by atoms with Gasteiger partial charge in [0.2, 0.25) is 0 Å². The van der Waals surface area contributed by atoms with Gasteiger partial charge in [-0.1, -0.05) is 56.3 Å². The number of carbonyl (C=O) groups is 1. The highest BCUT2D eigenvalue weighted by Crippen LogP contribution is 2.40. The lowest BCUT2D eigenvalue weighted by Gasteiger charge is -2.24. The minimum Gasteiger partial charge on any atom is -0.426 e. The van der Waals surface area contributed by atoms with E-state index < -0.39 is 29.9 Å². The molecule has 2 aromatic rings. The summed E-state index contributed by atoms with van der Waals surface area (Å²) in [5.41, 5.74) is 0.823. The van der Waals surface area contributed by atoms with E-state index in [0.717, 1.165) is 0 Å². The molecule has 0 bridgehead atoms. The molecule has 0 aromatic heterocycles. The number of para-hydroxylation sites is 1. The lowest BCUT2D eigenvalue weighted by Crippen LogP contribution is -2.25. The Morgan fingerprint density at radius 1 is 0.880 bits per heavy atom. The van der Waals surface area contributed by atoms with E-state index in [1.165, 1.54) is 12.1 Å². The van der Waals surface area contributed by atoms with Gasteiger partial charge in [-0.2, -0.15) is 13.2 Å². The maximum atomic E-state index is 13.2. The molecule has 134 valence electrons. The Hall–Kier alpha value is -2.30. The van der Waals surface area contributed by atoms with E-state index in [4.69, 9.17) is 4.74 Å². The van der Waals surface area contributed by atoms with Gasteiger partial charge in [-0.3, -0.25) is 4.79 Å². The molecule has 0 heterocycles. The summed E-state index contributed by atoms with van der Waals surface area (Å²) in [6.45, 7) is 4.77. The van der Waals surface area contributed by atoms with E-state index in [1.807, 2.05) is 6.07 Å². The van der Waals surface area contributed by atoms with Gasteiger partial charge >= 0.3 is 12.1 Å². The van der Waals surface area contributed by atoms with Crippen molar-refractivity contribution in [2.24, 2.45) is 5.92 Å². The van der Waals surface area contributed by atoms with Gasteiger partial charge in [-0.25, -0.2) is 0 Å². The van der Waals surface area contributed by atoms with E-state index in [9.17, 15) is 18.0 Å². The van der Waals surface area contributed by atoms with Gasteiger partial charge in [0.15, 0.2) is 0 Å². The SMILES string of the molecule is CC(C(=O)Oc1ccccc1)c1ccc(C(C(C)C)C(F)(F)F)cc1. The molecule has 0 aliphatic carbocycles. The Morgan fingerprint density at radius 2 is 1.40 bits per heavy atom. The smallest absolute Gasteiger partial charge is 0.395 e. The van der Waals surface area contributed by atoms with Crippen LogP contribution in [0, 0.1) is 5.92 Å². The van der Waals surface area contributed by atoms with Crippen molar-refractivity contribution < 1.29 is 22.7 Å². The van der Waals surface area contributed by atoms with Crippen molar-refractivity contribution in [3.63, 3.8) is 0 Å². The number of alkyl halides is 3. The van der Waals surface area contributed by atoms with Gasteiger partial charge in [-0.05, 0) is 36.1 Å². The summed E-state index contributed by atoms with van der Waals surface area (Å²) in [6, 6.07) is 14.7.